The first-order chi connectivity index (χ1) is 7.30. The summed E-state index contributed by atoms with van der Waals surface area (Å²) in [6.07, 6.45) is 3.78. The predicted octanol–water partition coefficient (Wildman–Crippen LogP) is 2.60. The molecule has 1 rings (SSSR count). The van der Waals surface area contributed by atoms with Gasteiger partial charge in [0.15, 0.2) is 0 Å². The second kappa shape index (κ2) is 5.23. The van der Waals surface area contributed by atoms with Crippen LogP contribution in [0.25, 0.3) is 0 Å². The third-order valence-electron chi connectivity index (χ3n) is 3.10. The van der Waals surface area contributed by atoms with Gasteiger partial charge in [0.05, 0.1) is 4.75 Å². The molecule has 0 bridgehead atoms. The van der Waals surface area contributed by atoms with Gasteiger partial charge in [-0.05, 0) is 40.0 Å². The molecule has 0 aromatic heterocycles. The average molecular weight is 268 g/mol. The van der Waals surface area contributed by atoms with Gasteiger partial charge in [0.2, 0.25) is 10.0 Å². The van der Waals surface area contributed by atoms with E-state index in [-0.39, 0.29) is 6.04 Å². The third kappa shape index (κ3) is 2.90. The van der Waals surface area contributed by atoms with Crippen LogP contribution in [0.3, 0.4) is 0 Å². The molecule has 16 heavy (non-hydrogen) atoms. The molecular formula is C11H22ClNO2S. The Hall–Kier alpha value is 0.200. The van der Waals surface area contributed by atoms with Crippen molar-refractivity contribution < 1.29 is 8.42 Å². The van der Waals surface area contributed by atoms with E-state index in [9.17, 15) is 8.42 Å². The van der Waals surface area contributed by atoms with Crippen molar-refractivity contribution in [1.29, 1.82) is 0 Å². The van der Waals surface area contributed by atoms with E-state index >= 15 is 0 Å². The summed E-state index contributed by atoms with van der Waals surface area (Å²) in [6, 6.07) is 0.107. The molecule has 0 aliphatic carbocycles. The predicted molar refractivity (Wildman–Crippen MR) is 68.4 cm³/mol. The normalized spacial score (nSPS) is 24.6. The summed E-state index contributed by atoms with van der Waals surface area (Å²) in [4.78, 5) is 0. The van der Waals surface area contributed by atoms with Crippen LogP contribution in [-0.2, 0) is 10.0 Å². The molecule has 1 aliphatic rings. The number of hydrogen-bond acceptors (Lipinski definition) is 2. The number of halogens is 1. The number of rotatable bonds is 3. The van der Waals surface area contributed by atoms with Crippen LogP contribution in [0.1, 0.15) is 46.5 Å². The maximum Gasteiger partial charge on any atom is 0.219 e. The van der Waals surface area contributed by atoms with E-state index in [4.69, 9.17) is 11.6 Å². The maximum atomic E-state index is 12.4. The molecule has 0 spiro atoms. The van der Waals surface area contributed by atoms with Gasteiger partial charge in [-0.25, -0.2) is 8.42 Å². The summed E-state index contributed by atoms with van der Waals surface area (Å²) < 4.78 is 25.7. The molecule has 1 saturated heterocycles. The molecule has 1 heterocycles. The zero-order valence-corrected chi connectivity index (χ0v) is 11.9. The van der Waals surface area contributed by atoms with Gasteiger partial charge in [-0.3, -0.25) is 0 Å². The Labute approximate surface area is 104 Å². The van der Waals surface area contributed by atoms with Crippen molar-refractivity contribution >= 4 is 21.6 Å². The number of piperidine rings is 1. The second-order valence-corrected chi connectivity index (χ2v) is 8.38. The largest absolute Gasteiger partial charge is 0.219 e. The highest BCUT2D eigenvalue weighted by Crippen LogP contribution is 2.29. The van der Waals surface area contributed by atoms with Gasteiger partial charge >= 0.3 is 0 Å². The molecule has 0 amide bonds. The summed E-state index contributed by atoms with van der Waals surface area (Å²) in [5.74, 6) is 0.529. The van der Waals surface area contributed by atoms with E-state index in [0.717, 1.165) is 25.7 Å². The van der Waals surface area contributed by atoms with E-state index in [1.807, 2.05) is 0 Å². The summed E-state index contributed by atoms with van der Waals surface area (Å²) in [6.45, 7) is 5.93. The monoisotopic (exact) mass is 267 g/mol. The molecule has 1 aliphatic heterocycles. The minimum Gasteiger partial charge on any atom is -0.212 e. The van der Waals surface area contributed by atoms with Crippen molar-refractivity contribution in [2.45, 2.75) is 57.2 Å². The standard InChI is InChI=1S/C11H22ClNO2S/c1-11(2,3)16(14,15)13-9-5-4-6-10(13)7-8-12/h10H,4-9H2,1-3H3. The van der Waals surface area contributed by atoms with Crippen LogP contribution >= 0.6 is 11.6 Å². The highest BCUT2D eigenvalue weighted by molar-refractivity contribution is 7.90. The minimum atomic E-state index is -3.20. The van der Waals surface area contributed by atoms with Crippen LogP contribution in [0.4, 0.5) is 0 Å². The second-order valence-electron chi connectivity index (χ2n) is 5.36. The fraction of sp³-hybridized carbons (Fsp3) is 1.00. The fourth-order valence-corrected chi connectivity index (χ4v) is 3.98. The van der Waals surface area contributed by atoms with Crippen LogP contribution in [0.5, 0.6) is 0 Å². The minimum absolute atomic E-state index is 0.107. The molecule has 0 radical (unpaired) electrons. The SMILES string of the molecule is CC(C)(C)S(=O)(=O)N1CCCCC1CCCl. The average Bonchev–Trinajstić information content (AvgIpc) is 2.17. The third-order valence-corrected chi connectivity index (χ3v) is 5.96. The first kappa shape index (κ1) is 14.3. The van der Waals surface area contributed by atoms with E-state index in [0.29, 0.717) is 12.4 Å². The topological polar surface area (TPSA) is 37.4 Å². The first-order valence-electron chi connectivity index (χ1n) is 5.88. The van der Waals surface area contributed by atoms with Gasteiger partial charge in [0, 0.05) is 18.5 Å². The number of nitrogens with zero attached hydrogens (tertiary/aromatic N) is 1. The molecule has 1 fully saturated rings. The Bertz CT molecular complexity index is 319. The fourth-order valence-electron chi connectivity index (χ4n) is 2.06. The first-order valence-corrected chi connectivity index (χ1v) is 7.85. The van der Waals surface area contributed by atoms with Crippen molar-refractivity contribution in [2.75, 3.05) is 12.4 Å². The molecule has 0 aromatic rings. The van der Waals surface area contributed by atoms with Crippen molar-refractivity contribution in [1.82, 2.24) is 4.31 Å². The van der Waals surface area contributed by atoms with Crippen molar-refractivity contribution in [3.05, 3.63) is 0 Å². The highest BCUT2D eigenvalue weighted by atomic mass is 35.5. The summed E-state index contributed by atoms with van der Waals surface area (Å²) in [5.41, 5.74) is 0. The Kier molecular flexibility index (Phi) is 4.66. The lowest BCUT2D eigenvalue weighted by atomic mass is 10.0. The summed E-state index contributed by atoms with van der Waals surface area (Å²) in [7, 11) is -3.20. The zero-order valence-electron chi connectivity index (χ0n) is 10.4. The molecule has 3 nitrogen and oxygen atoms in total. The van der Waals surface area contributed by atoms with Gasteiger partial charge < -0.3 is 0 Å². The van der Waals surface area contributed by atoms with Crippen LogP contribution in [0.15, 0.2) is 0 Å². The van der Waals surface area contributed by atoms with Gasteiger partial charge in [-0.1, -0.05) is 6.42 Å². The van der Waals surface area contributed by atoms with Crippen molar-refractivity contribution in [2.24, 2.45) is 0 Å². The van der Waals surface area contributed by atoms with Gasteiger partial charge in [0.1, 0.15) is 0 Å². The van der Waals surface area contributed by atoms with Crippen molar-refractivity contribution in [3.63, 3.8) is 0 Å². The van der Waals surface area contributed by atoms with E-state index in [1.165, 1.54) is 0 Å². The zero-order chi connectivity index (χ0) is 12.4. The molecule has 0 N–H and O–H groups in total. The van der Waals surface area contributed by atoms with E-state index < -0.39 is 14.8 Å². The quantitative estimate of drug-likeness (QED) is 0.737. The molecule has 1 atom stereocenters. The van der Waals surface area contributed by atoms with Crippen LogP contribution in [0, 0.1) is 0 Å². The lowest BCUT2D eigenvalue weighted by Crippen LogP contribution is -2.50. The number of alkyl halides is 1. The van der Waals surface area contributed by atoms with Crippen LogP contribution in [0.2, 0.25) is 0 Å². The lowest BCUT2D eigenvalue weighted by Gasteiger charge is -2.38. The molecule has 0 saturated carbocycles. The van der Waals surface area contributed by atoms with Gasteiger partial charge in [-0.2, -0.15) is 4.31 Å². The maximum absolute atomic E-state index is 12.4. The molecular weight excluding hydrogens is 246 g/mol. The summed E-state index contributed by atoms with van der Waals surface area (Å²) in [5, 5.41) is 0. The van der Waals surface area contributed by atoms with Crippen molar-refractivity contribution in [3.8, 4) is 0 Å². The number of hydrogen-bond donors (Lipinski definition) is 0. The Morgan fingerprint density at radius 3 is 2.44 bits per heavy atom. The molecule has 96 valence electrons. The van der Waals surface area contributed by atoms with Crippen LogP contribution in [-0.4, -0.2) is 35.9 Å². The Morgan fingerprint density at radius 2 is 1.94 bits per heavy atom. The molecule has 1 unspecified atom stereocenters. The number of sulfonamides is 1. The lowest BCUT2D eigenvalue weighted by molar-refractivity contribution is 0.242. The van der Waals surface area contributed by atoms with Gasteiger partial charge in [0.25, 0.3) is 0 Å². The summed E-state index contributed by atoms with van der Waals surface area (Å²) >= 11 is 5.74. The molecule has 5 heteroatoms. The van der Waals surface area contributed by atoms with Gasteiger partial charge in [-0.15, -0.1) is 11.6 Å². The van der Waals surface area contributed by atoms with E-state index in [1.54, 1.807) is 25.1 Å². The Morgan fingerprint density at radius 1 is 1.31 bits per heavy atom. The smallest absolute Gasteiger partial charge is 0.212 e. The highest BCUT2D eigenvalue weighted by Gasteiger charge is 2.39. The Balaban J connectivity index is 2.91. The van der Waals surface area contributed by atoms with Crippen LogP contribution < -0.4 is 0 Å². The van der Waals surface area contributed by atoms with E-state index in [2.05, 4.69) is 0 Å². The molecule has 0 aromatic carbocycles.